The molecule has 0 saturated carbocycles. The largest absolute Gasteiger partial charge is 0.497 e. The van der Waals surface area contributed by atoms with Crippen molar-refractivity contribution in [2.24, 2.45) is 0 Å². The van der Waals surface area contributed by atoms with Gasteiger partial charge in [-0.1, -0.05) is 36.4 Å². The Balaban J connectivity index is 1.65. The summed E-state index contributed by atoms with van der Waals surface area (Å²) in [5, 5.41) is 0.337. The predicted molar refractivity (Wildman–Crippen MR) is 117 cm³/mol. The summed E-state index contributed by atoms with van der Waals surface area (Å²) in [5.41, 5.74) is 1.59. The maximum absolute atomic E-state index is 13.1. The molecule has 0 N–H and O–H groups in total. The number of methoxy groups -OCH3 is 1. The lowest BCUT2D eigenvalue weighted by Crippen LogP contribution is -2.21. The first kappa shape index (κ1) is 20.2. The smallest absolute Gasteiger partial charge is 0.349 e. The van der Waals surface area contributed by atoms with Crippen LogP contribution in [0.1, 0.15) is 5.56 Å². The standard InChI is InChI=1S/C25H20O6/c1-16-8-13-20-21(14-16)30-24(17-6-4-3-5-7-17)25(23(20)27)31-22(26)15-29-19-11-9-18(28-2)10-12-19/h3-14H,15H2,1-2H3. The Labute approximate surface area is 178 Å². The van der Waals surface area contributed by atoms with E-state index in [1.54, 1.807) is 61.7 Å². The van der Waals surface area contributed by atoms with Gasteiger partial charge in [0, 0.05) is 5.56 Å². The average molecular weight is 416 g/mol. The van der Waals surface area contributed by atoms with Crippen molar-refractivity contribution in [1.82, 2.24) is 0 Å². The normalized spacial score (nSPS) is 10.6. The zero-order chi connectivity index (χ0) is 21.8. The van der Waals surface area contributed by atoms with E-state index in [9.17, 15) is 9.59 Å². The summed E-state index contributed by atoms with van der Waals surface area (Å²) in [6.45, 7) is 1.54. The minimum absolute atomic E-state index is 0.161. The van der Waals surface area contributed by atoms with Gasteiger partial charge >= 0.3 is 5.97 Å². The van der Waals surface area contributed by atoms with Gasteiger partial charge in [-0.2, -0.15) is 0 Å². The van der Waals surface area contributed by atoms with Crippen LogP contribution >= 0.6 is 0 Å². The number of aryl methyl sites for hydroxylation is 1. The van der Waals surface area contributed by atoms with Crippen molar-refractivity contribution in [1.29, 1.82) is 0 Å². The maximum atomic E-state index is 13.1. The number of hydrogen-bond donors (Lipinski definition) is 0. The van der Waals surface area contributed by atoms with Crippen molar-refractivity contribution in [2.75, 3.05) is 13.7 Å². The Morgan fingerprint density at radius 1 is 0.935 bits per heavy atom. The number of carbonyl (C=O) groups is 1. The molecule has 4 rings (SSSR count). The molecule has 0 fully saturated rings. The second kappa shape index (κ2) is 8.75. The van der Waals surface area contributed by atoms with E-state index >= 15 is 0 Å². The summed E-state index contributed by atoms with van der Waals surface area (Å²) < 4.78 is 22.0. The van der Waals surface area contributed by atoms with Crippen LogP contribution in [0, 0.1) is 6.92 Å². The molecule has 0 aliphatic heterocycles. The molecule has 6 nitrogen and oxygen atoms in total. The molecule has 156 valence electrons. The highest BCUT2D eigenvalue weighted by Crippen LogP contribution is 2.31. The summed E-state index contributed by atoms with van der Waals surface area (Å²) in [4.78, 5) is 25.6. The third kappa shape index (κ3) is 4.43. The Morgan fingerprint density at radius 2 is 1.65 bits per heavy atom. The van der Waals surface area contributed by atoms with E-state index in [1.807, 2.05) is 25.1 Å². The van der Waals surface area contributed by atoms with Crippen LogP contribution in [0.4, 0.5) is 0 Å². The molecule has 4 aromatic rings. The molecule has 3 aromatic carbocycles. The van der Waals surface area contributed by atoms with Crippen LogP contribution in [0.2, 0.25) is 0 Å². The highest BCUT2D eigenvalue weighted by Gasteiger charge is 2.21. The SMILES string of the molecule is COc1ccc(OCC(=O)Oc2c(-c3ccccc3)oc3cc(C)ccc3c2=O)cc1. The van der Waals surface area contributed by atoms with Gasteiger partial charge in [0.15, 0.2) is 12.4 Å². The first-order valence-corrected chi connectivity index (χ1v) is 9.65. The molecular weight excluding hydrogens is 396 g/mol. The van der Waals surface area contributed by atoms with Crippen molar-refractivity contribution >= 4 is 16.9 Å². The molecule has 0 saturated heterocycles. The second-order valence-electron chi connectivity index (χ2n) is 6.89. The Bertz CT molecular complexity index is 1270. The molecule has 0 amide bonds. The van der Waals surface area contributed by atoms with Gasteiger partial charge in [-0.3, -0.25) is 4.79 Å². The summed E-state index contributed by atoms with van der Waals surface area (Å²) in [6.07, 6.45) is 0. The molecule has 0 aliphatic carbocycles. The van der Waals surface area contributed by atoms with Crippen molar-refractivity contribution in [3.8, 4) is 28.6 Å². The molecule has 0 aliphatic rings. The van der Waals surface area contributed by atoms with Crippen molar-refractivity contribution in [3.63, 3.8) is 0 Å². The fourth-order valence-electron chi connectivity index (χ4n) is 3.11. The number of ether oxygens (including phenoxy) is 3. The zero-order valence-corrected chi connectivity index (χ0v) is 17.1. The molecule has 0 bridgehead atoms. The predicted octanol–water partition coefficient (Wildman–Crippen LogP) is 4.76. The zero-order valence-electron chi connectivity index (χ0n) is 17.1. The fraction of sp³-hybridized carbons (Fsp3) is 0.120. The Morgan fingerprint density at radius 3 is 2.35 bits per heavy atom. The van der Waals surface area contributed by atoms with Crippen LogP contribution in [-0.4, -0.2) is 19.7 Å². The van der Waals surface area contributed by atoms with Gasteiger partial charge in [-0.25, -0.2) is 4.79 Å². The van der Waals surface area contributed by atoms with Gasteiger partial charge in [-0.15, -0.1) is 0 Å². The molecule has 1 aromatic heterocycles. The van der Waals surface area contributed by atoms with E-state index < -0.39 is 11.4 Å². The first-order valence-electron chi connectivity index (χ1n) is 9.65. The van der Waals surface area contributed by atoms with E-state index in [0.29, 0.717) is 28.0 Å². The van der Waals surface area contributed by atoms with Crippen molar-refractivity contribution in [3.05, 3.63) is 88.6 Å². The monoisotopic (exact) mass is 416 g/mol. The van der Waals surface area contributed by atoms with E-state index in [1.165, 1.54) is 0 Å². The lowest BCUT2D eigenvalue weighted by atomic mass is 10.1. The molecule has 6 heteroatoms. The lowest BCUT2D eigenvalue weighted by Gasteiger charge is -2.11. The second-order valence-corrected chi connectivity index (χ2v) is 6.89. The number of fused-ring (bicyclic) bond motifs is 1. The van der Waals surface area contributed by atoms with E-state index in [-0.39, 0.29) is 18.1 Å². The molecule has 0 unspecified atom stereocenters. The molecule has 0 atom stereocenters. The van der Waals surface area contributed by atoms with Gasteiger partial charge in [-0.05, 0) is 48.9 Å². The topological polar surface area (TPSA) is 75.0 Å². The number of esters is 1. The molecule has 0 spiro atoms. The number of rotatable bonds is 6. The van der Waals surface area contributed by atoms with E-state index in [0.717, 1.165) is 5.56 Å². The Hall–Kier alpha value is -4.06. The minimum Gasteiger partial charge on any atom is -0.497 e. The molecular formula is C25H20O6. The molecule has 0 radical (unpaired) electrons. The highest BCUT2D eigenvalue weighted by molar-refractivity contribution is 5.85. The minimum atomic E-state index is -0.716. The van der Waals surface area contributed by atoms with Crippen molar-refractivity contribution < 1.29 is 23.4 Å². The summed E-state index contributed by atoms with van der Waals surface area (Å²) in [7, 11) is 1.56. The fourth-order valence-corrected chi connectivity index (χ4v) is 3.11. The van der Waals surface area contributed by atoms with Gasteiger partial charge in [0.1, 0.15) is 17.1 Å². The van der Waals surface area contributed by atoms with Crippen LogP contribution in [0.3, 0.4) is 0 Å². The third-order valence-electron chi connectivity index (χ3n) is 4.67. The van der Waals surface area contributed by atoms with Gasteiger partial charge < -0.3 is 18.6 Å². The van der Waals surface area contributed by atoms with Gasteiger partial charge in [0.05, 0.1) is 12.5 Å². The van der Waals surface area contributed by atoms with Crippen LogP contribution in [-0.2, 0) is 4.79 Å². The number of carbonyl (C=O) groups excluding carboxylic acids is 1. The third-order valence-corrected chi connectivity index (χ3v) is 4.67. The van der Waals surface area contributed by atoms with E-state index in [2.05, 4.69) is 0 Å². The number of hydrogen-bond acceptors (Lipinski definition) is 6. The Kier molecular flexibility index (Phi) is 5.71. The first-order chi connectivity index (χ1) is 15.0. The lowest BCUT2D eigenvalue weighted by molar-refractivity contribution is -0.136. The average Bonchev–Trinajstić information content (AvgIpc) is 2.80. The summed E-state index contributed by atoms with van der Waals surface area (Å²) in [5.74, 6) is 0.465. The number of benzene rings is 3. The highest BCUT2D eigenvalue weighted by atomic mass is 16.6. The van der Waals surface area contributed by atoms with Crippen LogP contribution in [0.15, 0.2) is 82.0 Å². The van der Waals surface area contributed by atoms with Gasteiger partial charge in [0.25, 0.3) is 0 Å². The van der Waals surface area contributed by atoms with Gasteiger partial charge in [0.2, 0.25) is 11.2 Å². The van der Waals surface area contributed by atoms with Crippen molar-refractivity contribution in [2.45, 2.75) is 6.92 Å². The molecule has 31 heavy (non-hydrogen) atoms. The van der Waals surface area contributed by atoms with Crippen LogP contribution in [0.25, 0.3) is 22.3 Å². The summed E-state index contributed by atoms with van der Waals surface area (Å²) >= 11 is 0. The van der Waals surface area contributed by atoms with E-state index in [4.69, 9.17) is 18.6 Å². The molecule has 1 heterocycles. The van der Waals surface area contributed by atoms with Crippen LogP contribution in [0.5, 0.6) is 17.2 Å². The quantitative estimate of drug-likeness (QED) is 0.422. The summed E-state index contributed by atoms with van der Waals surface area (Å²) in [6, 6.07) is 21.1. The maximum Gasteiger partial charge on any atom is 0.349 e. The van der Waals surface area contributed by atoms with Crippen LogP contribution < -0.4 is 19.6 Å².